The summed E-state index contributed by atoms with van der Waals surface area (Å²) in [6, 6.07) is 0. The van der Waals surface area contributed by atoms with Crippen molar-refractivity contribution in [2.45, 2.75) is 39.2 Å². The molecule has 0 aromatic rings. The molecule has 3 nitrogen and oxygen atoms in total. The van der Waals surface area contributed by atoms with Crippen molar-refractivity contribution >= 4 is 0 Å². The van der Waals surface area contributed by atoms with Crippen molar-refractivity contribution in [1.82, 2.24) is 0 Å². The smallest absolute Gasteiger partial charge is 0.0704 e. The maximum atomic E-state index is 5.98. The topological polar surface area (TPSA) is 27.7 Å². The first-order chi connectivity index (χ1) is 8.65. The van der Waals surface area contributed by atoms with E-state index in [0.717, 1.165) is 12.3 Å². The lowest BCUT2D eigenvalue weighted by Gasteiger charge is -2.35. The van der Waals surface area contributed by atoms with E-state index in [1.807, 2.05) is 0 Å². The number of ether oxygens (including phenoxy) is 3. The highest BCUT2D eigenvalue weighted by atomic mass is 16.5. The van der Waals surface area contributed by atoms with Crippen molar-refractivity contribution in [1.29, 1.82) is 0 Å². The zero-order valence-corrected chi connectivity index (χ0v) is 12.1. The Kier molecular flexibility index (Phi) is 7.56. The molecule has 1 aliphatic rings. The van der Waals surface area contributed by atoms with Gasteiger partial charge in [-0.25, -0.2) is 0 Å². The van der Waals surface area contributed by atoms with Crippen molar-refractivity contribution in [3.05, 3.63) is 12.2 Å². The largest absolute Gasteiger partial charge is 0.382 e. The van der Waals surface area contributed by atoms with Crippen molar-refractivity contribution in [2.75, 3.05) is 33.5 Å². The van der Waals surface area contributed by atoms with Crippen LogP contribution in [0.2, 0.25) is 0 Å². The van der Waals surface area contributed by atoms with Gasteiger partial charge in [-0.1, -0.05) is 19.1 Å². The molecule has 1 aliphatic carbocycles. The monoisotopic (exact) mass is 256 g/mol. The quantitative estimate of drug-likeness (QED) is 0.493. The summed E-state index contributed by atoms with van der Waals surface area (Å²) in [4.78, 5) is 0. The molecule has 0 amide bonds. The van der Waals surface area contributed by atoms with Crippen LogP contribution in [0.15, 0.2) is 12.2 Å². The molecule has 0 aromatic heterocycles. The van der Waals surface area contributed by atoms with Crippen LogP contribution in [0.1, 0.15) is 33.1 Å². The third-order valence-corrected chi connectivity index (χ3v) is 3.68. The highest BCUT2D eigenvalue weighted by Crippen LogP contribution is 2.34. The van der Waals surface area contributed by atoms with E-state index < -0.39 is 0 Å². The molecule has 0 radical (unpaired) electrons. The lowest BCUT2D eigenvalue weighted by atomic mass is 9.78. The second-order valence-corrected chi connectivity index (χ2v) is 5.39. The van der Waals surface area contributed by atoms with Crippen molar-refractivity contribution in [3.8, 4) is 0 Å². The molecule has 0 bridgehead atoms. The van der Waals surface area contributed by atoms with Crippen LogP contribution in [0.3, 0.4) is 0 Å². The average molecular weight is 256 g/mol. The summed E-state index contributed by atoms with van der Waals surface area (Å²) in [5, 5.41) is 0. The minimum atomic E-state index is 0.331. The SMILES string of the molecule is C=C(C)C1CCC(C)CC1OCCOCCOC. The molecule has 0 N–H and O–H groups in total. The normalized spacial score (nSPS) is 28.3. The van der Waals surface area contributed by atoms with E-state index in [0.29, 0.717) is 38.4 Å². The summed E-state index contributed by atoms with van der Waals surface area (Å²) in [5.74, 6) is 1.29. The molecule has 1 saturated carbocycles. The van der Waals surface area contributed by atoms with Crippen LogP contribution >= 0.6 is 0 Å². The van der Waals surface area contributed by atoms with Crippen molar-refractivity contribution in [2.24, 2.45) is 11.8 Å². The Bertz CT molecular complexity index is 240. The van der Waals surface area contributed by atoms with Gasteiger partial charge in [0.2, 0.25) is 0 Å². The molecular weight excluding hydrogens is 228 g/mol. The van der Waals surface area contributed by atoms with E-state index in [1.54, 1.807) is 7.11 Å². The molecule has 106 valence electrons. The first-order valence-corrected chi connectivity index (χ1v) is 6.98. The second kappa shape index (κ2) is 8.68. The minimum absolute atomic E-state index is 0.331. The van der Waals surface area contributed by atoms with Gasteiger partial charge in [0.25, 0.3) is 0 Å². The summed E-state index contributed by atoms with van der Waals surface area (Å²) in [5.41, 5.74) is 1.26. The van der Waals surface area contributed by atoms with E-state index in [-0.39, 0.29) is 0 Å². The maximum absolute atomic E-state index is 5.98. The zero-order valence-electron chi connectivity index (χ0n) is 12.1. The molecule has 3 unspecified atom stereocenters. The van der Waals surface area contributed by atoms with Crippen LogP contribution < -0.4 is 0 Å². The van der Waals surface area contributed by atoms with Crippen LogP contribution in [-0.4, -0.2) is 39.6 Å². The fourth-order valence-electron chi connectivity index (χ4n) is 2.58. The van der Waals surface area contributed by atoms with E-state index in [1.165, 1.54) is 18.4 Å². The van der Waals surface area contributed by atoms with Gasteiger partial charge in [0.1, 0.15) is 0 Å². The number of methoxy groups -OCH3 is 1. The molecule has 0 spiro atoms. The highest BCUT2D eigenvalue weighted by molar-refractivity contribution is 5.02. The van der Waals surface area contributed by atoms with E-state index >= 15 is 0 Å². The fraction of sp³-hybridized carbons (Fsp3) is 0.867. The number of hydrogen-bond donors (Lipinski definition) is 0. The maximum Gasteiger partial charge on any atom is 0.0704 e. The van der Waals surface area contributed by atoms with E-state index in [4.69, 9.17) is 14.2 Å². The third-order valence-electron chi connectivity index (χ3n) is 3.68. The van der Waals surface area contributed by atoms with Gasteiger partial charge < -0.3 is 14.2 Å². The van der Waals surface area contributed by atoms with Crippen LogP contribution in [-0.2, 0) is 14.2 Å². The predicted molar refractivity (Wildman–Crippen MR) is 73.8 cm³/mol. The molecule has 0 aliphatic heterocycles. The molecule has 0 heterocycles. The summed E-state index contributed by atoms with van der Waals surface area (Å²) < 4.78 is 16.3. The molecule has 18 heavy (non-hydrogen) atoms. The Labute approximate surface area is 111 Å². The number of hydrogen-bond acceptors (Lipinski definition) is 3. The van der Waals surface area contributed by atoms with Crippen molar-refractivity contribution < 1.29 is 14.2 Å². The lowest BCUT2D eigenvalue weighted by Crippen LogP contribution is -2.32. The van der Waals surface area contributed by atoms with Gasteiger partial charge in [-0.2, -0.15) is 0 Å². The Hall–Kier alpha value is -0.380. The van der Waals surface area contributed by atoms with Crippen LogP contribution in [0.25, 0.3) is 0 Å². The van der Waals surface area contributed by atoms with Crippen LogP contribution in [0.5, 0.6) is 0 Å². The van der Waals surface area contributed by atoms with Gasteiger partial charge in [-0.05, 0) is 32.1 Å². The summed E-state index contributed by atoms with van der Waals surface area (Å²) in [6.07, 6.45) is 3.99. The van der Waals surface area contributed by atoms with Gasteiger partial charge in [-0.3, -0.25) is 0 Å². The van der Waals surface area contributed by atoms with Crippen LogP contribution in [0, 0.1) is 11.8 Å². The Morgan fingerprint density at radius 2 is 1.89 bits per heavy atom. The number of rotatable bonds is 8. The summed E-state index contributed by atoms with van der Waals surface area (Å²) >= 11 is 0. The van der Waals surface area contributed by atoms with Gasteiger partial charge in [0.15, 0.2) is 0 Å². The van der Waals surface area contributed by atoms with Gasteiger partial charge >= 0.3 is 0 Å². The average Bonchev–Trinajstić information content (AvgIpc) is 2.33. The second-order valence-electron chi connectivity index (χ2n) is 5.39. The third kappa shape index (κ3) is 5.51. The lowest BCUT2D eigenvalue weighted by molar-refractivity contribution is -0.0429. The fourth-order valence-corrected chi connectivity index (χ4v) is 2.58. The first kappa shape index (κ1) is 15.7. The standard InChI is InChI=1S/C15H28O3/c1-12(2)14-6-5-13(3)11-15(14)18-10-9-17-8-7-16-4/h13-15H,1,5-11H2,2-4H3. The zero-order chi connectivity index (χ0) is 13.4. The Balaban J connectivity index is 2.22. The van der Waals surface area contributed by atoms with Gasteiger partial charge in [0, 0.05) is 13.0 Å². The minimum Gasteiger partial charge on any atom is -0.382 e. The van der Waals surface area contributed by atoms with Gasteiger partial charge in [-0.15, -0.1) is 0 Å². The van der Waals surface area contributed by atoms with E-state index in [2.05, 4.69) is 20.4 Å². The molecule has 3 atom stereocenters. The first-order valence-electron chi connectivity index (χ1n) is 6.98. The Morgan fingerprint density at radius 1 is 1.17 bits per heavy atom. The Morgan fingerprint density at radius 3 is 2.56 bits per heavy atom. The van der Waals surface area contributed by atoms with E-state index in [9.17, 15) is 0 Å². The molecular formula is C15H28O3. The van der Waals surface area contributed by atoms with Gasteiger partial charge in [0.05, 0.1) is 32.5 Å². The summed E-state index contributed by atoms with van der Waals surface area (Å²) in [6.45, 7) is 11.1. The molecule has 0 saturated heterocycles. The molecule has 0 aromatic carbocycles. The highest BCUT2D eigenvalue weighted by Gasteiger charge is 2.29. The molecule has 1 rings (SSSR count). The summed E-state index contributed by atoms with van der Waals surface area (Å²) in [7, 11) is 1.68. The van der Waals surface area contributed by atoms with Crippen molar-refractivity contribution in [3.63, 3.8) is 0 Å². The molecule has 1 fully saturated rings. The van der Waals surface area contributed by atoms with Crippen LogP contribution in [0.4, 0.5) is 0 Å². The molecule has 3 heteroatoms. The predicted octanol–water partition coefficient (Wildman–Crippen LogP) is 3.05.